The number of ether oxygens (including phenoxy) is 1. The maximum Gasteiger partial charge on any atom is 0.218 e. The topological polar surface area (TPSA) is 83.0 Å². The highest BCUT2D eigenvalue weighted by Crippen LogP contribution is 2.17. The van der Waals surface area contributed by atoms with Gasteiger partial charge >= 0.3 is 0 Å². The van der Waals surface area contributed by atoms with Crippen LogP contribution in [0.1, 0.15) is 51.7 Å². The molecular weight excluding hydrogens is 527 g/mol. The molecule has 0 spiro atoms. The number of halogens is 1. The zero-order chi connectivity index (χ0) is 22.0. The van der Waals surface area contributed by atoms with E-state index in [0.29, 0.717) is 44.8 Å². The molecule has 1 aromatic rings. The van der Waals surface area contributed by atoms with Gasteiger partial charge in [-0.1, -0.05) is 38.1 Å². The number of nitrogens with one attached hydrogen (secondary N) is 2. The Hall–Kier alpha value is -0.910. The number of rotatable bonds is 10. The van der Waals surface area contributed by atoms with E-state index < -0.39 is 10.0 Å². The molecule has 7 nitrogen and oxygen atoms in total. The Morgan fingerprint density at radius 1 is 1.13 bits per heavy atom. The largest absolute Gasteiger partial charge is 0.379 e. The van der Waals surface area contributed by atoms with Gasteiger partial charge in [-0.3, -0.25) is 0 Å². The van der Waals surface area contributed by atoms with Gasteiger partial charge in [0.2, 0.25) is 10.0 Å². The van der Waals surface area contributed by atoms with Gasteiger partial charge in [-0.25, -0.2) is 13.4 Å². The molecule has 1 saturated heterocycles. The Morgan fingerprint density at radius 3 is 2.39 bits per heavy atom. The average molecular weight is 567 g/mol. The molecule has 1 unspecified atom stereocenters. The van der Waals surface area contributed by atoms with E-state index >= 15 is 0 Å². The number of guanidine groups is 1. The molecule has 1 aliphatic rings. The Labute approximate surface area is 205 Å². The molecule has 0 bridgehead atoms. The van der Waals surface area contributed by atoms with Crippen molar-refractivity contribution in [2.24, 2.45) is 10.9 Å². The third kappa shape index (κ3) is 10.0. The van der Waals surface area contributed by atoms with E-state index in [4.69, 9.17) is 9.73 Å². The summed E-state index contributed by atoms with van der Waals surface area (Å²) in [7, 11) is -3.37. The molecule has 2 rings (SSSR count). The Bertz CT molecular complexity index is 781. The van der Waals surface area contributed by atoms with Crippen LogP contribution in [0.5, 0.6) is 0 Å². The summed E-state index contributed by atoms with van der Waals surface area (Å²) in [6.07, 6.45) is 2.24. The van der Waals surface area contributed by atoms with E-state index in [1.165, 1.54) is 4.31 Å². The van der Waals surface area contributed by atoms with Crippen molar-refractivity contribution in [3.05, 3.63) is 35.4 Å². The molecule has 1 heterocycles. The van der Waals surface area contributed by atoms with Gasteiger partial charge in [0.1, 0.15) is 0 Å². The number of hydrogen-bond acceptors (Lipinski definition) is 4. The SMILES string of the molecule is CCNC(=NCc1ccccc1CS(=O)(=O)N1CCOCC1)NC(C)CCC(C)C.I. The van der Waals surface area contributed by atoms with Crippen LogP contribution in [-0.2, 0) is 27.1 Å². The van der Waals surface area contributed by atoms with Crippen LogP contribution in [0.25, 0.3) is 0 Å². The smallest absolute Gasteiger partial charge is 0.218 e. The van der Waals surface area contributed by atoms with Gasteiger partial charge in [-0.2, -0.15) is 4.31 Å². The van der Waals surface area contributed by atoms with E-state index in [1.54, 1.807) is 0 Å². The minimum Gasteiger partial charge on any atom is -0.379 e. The molecule has 1 atom stereocenters. The fourth-order valence-corrected chi connectivity index (χ4v) is 4.90. The van der Waals surface area contributed by atoms with Crippen molar-refractivity contribution < 1.29 is 13.2 Å². The lowest BCUT2D eigenvalue weighted by Crippen LogP contribution is -2.42. The number of aliphatic imine (C=N–C) groups is 1. The summed E-state index contributed by atoms with van der Waals surface area (Å²) in [6, 6.07) is 7.98. The standard InChI is InChI=1S/C22H38N4O3S.HI/c1-5-23-22(25-19(4)11-10-18(2)3)24-16-20-8-6-7-9-21(20)17-30(27,28)26-12-14-29-15-13-26;/h6-9,18-19H,5,10-17H2,1-4H3,(H2,23,24,25);1H. The zero-order valence-electron chi connectivity index (χ0n) is 19.3. The summed E-state index contributed by atoms with van der Waals surface area (Å²) in [5.41, 5.74) is 1.73. The van der Waals surface area contributed by atoms with Crippen molar-refractivity contribution in [2.45, 2.75) is 58.9 Å². The minimum atomic E-state index is -3.37. The van der Waals surface area contributed by atoms with Gasteiger partial charge in [0, 0.05) is 25.7 Å². The van der Waals surface area contributed by atoms with Crippen molar-refractivity contribution in [3.63, 3.8) is 0 Å². The zero-order valence-corrected chi connectivity index (χ0v) is 22.4. The molecule has 31 heavy (non-hydrogen) atoms. The molecule has 1 aromatic carbocycles. The molecule has 2 N–H and O–H groups in total. The van der Waals surface area contributed by atoms with Gasteiger partial charge < -0.3 is 15.4 Å². The monoisotopic (exact) mass is 566 g/mol. The highest BCUT2D eigenvalue weighted by atomic mass is 127. The second-order valence-corrected chi connectivity index (χ2v) is 10.2. The quantitative estimate of drug-likeness (QED) is 0.258. The number of sulfonamides is 1. The van der Waals surface area contributed by atoms with Crippen LogP contribution in [-0.4, -0.2) is 57.6 Å². The fraction of sp³-hybridized carbons (Fsp3) is 0.682. The van der Waals surface area contributed by atoms with E-state index in [1.807, 2.05) is 31.2 Å². The first-order chi connectivity index (χ1) is 14.3. The number of hydrogen-bond donors (Lipinski definition) is 2. The summed E-state index contributed by atoms with van der Waals surface area (Å²) in [5, 5.41) is 6.75. The van der Waals surface area contributed by atoms with Gasteiger partial charge in [0.25, 0.3) is 0 Å². The van der Waals surface area contributed by atoms with Crippen LogP contribution < -0.4 is 10.6 Å². The first kappa shape index (κ1) is 28.1. The average Bonchev–Trinajstić information content (AvgIpc) is 2.72. The number of morpholine rings is 1. The third-order valence-electron chi connectivity index (χ3n) is 5.13. The van der Waals surface area contributed by atoms with Crippen LogP contribution >= 0.6 is 24.0 Å². The highest BCUT2D eigenvalue weighted by molar-refractivity contribution is 14.0. The molecule has 0 amide bonds. The molecule has 0 aliphatic carbocycles. The van der Waals surface area contributed by atoms with E-state index in [2.05, 4.69) is 31.4 Å². The minimum absolute atomic E-state index is 0. The predicted octanol–water partition coefficient (Wildman–Crippen LogP) is 3.35. The summed E-state index contributed by atoms with van der Waals surface area (Å²) >= 11 is 0. The highest BCUT2D eigenvalue weighted by Gasteiger charge is 2.25. The second-order valence-electron chi connectivity index (χ2n) is 8.25. The molecule has 178 valence electrons. The summed E-state index contributed by atoms with van der Waals surface area (Å²) in [5.74, 6) is 1.43. The second kappa shape index (κ2) is 14.3. The van der Waals surface area contributed by atoms with Crippen molar-refractivity contribution in [1.82, 2.24) is 14.9 Å². The van der Waals surface area contributed by atoms with Crippen molar-refractivity contribution in [3.8, 4) is 0 Å². The van der Waals surface area contributed by atoms with Gasteiger partial charge in [-0.05, 0) is 43.7 Å². The lowest BCUT2D eigenvalue weighted by molar-refractivity contribution is 0.0729. The van der Waals surface area contributed by atoms with Crippen molar-refractivity contribution in [1.29, 1.82) is 0 Å². The van der Waals surface area contributed by atoms with Gasteiger partial charge in [0.05, 0.1) is 25.5 Å². The fourth-order valence-electron chi connectivity index (χ4n) is 3.34. The first-order valence-corrected chi connectivity index (χ1v) is 12.6. The normalized spacial score (nSPS) is 16.6. The lowest BCUT2D eigenvalue weighted by Gasteiger charge is -2.26. The molecule has 0 aromatic heterocycles. The molecule has 0 radical (unpaired) electrons. The summed E-state index contributed by atoms with van der Waals surface area (Å²) in [4.78, 5) is 4.72. The van der Waals surface area contributed by atoms with Crippen LogP contribution in [0.4, 0.5) is 0 Å². The molecule has 9 heteroatoms. The number of benzene rings is 1. The molecule has 1 aliphatic heterocycles. The van der Waals surface area contributed by atoms with Crippen LogP contribution in [0.2, 0.25) is 0 Å². The lowest BCUT2D eigenvalue weighted by atomic mass is 10.0. The predicted molar refractivity (Wildman–Crippen MR) is 138 cm³/mol. The van der Waals surface area contributed by atoms with Gasteiger partial charge in [0.15, 0.2) is 5.96 Å². The first-order valence-electron chi connectivity index (χ1n) is 11.0. The Balaban J connectivity index is 0.00000480. The summed E-state index contributed by atoms with van der Waals surface area (Å²) in [6.45, 7) is 11.6. The van der Waals surface area contributed by atoms with Gasteiger partial charge in [-0.15, -0.1) is 24.0 Å². The van der Waals surface area contributed by atoms with Crippen LogP contribution in [0.15, 0.2) is 29.3 Å². The Morgan fingerprint density at radius 2 is 1.77 bits per heavy atom. The van der Waals surface area contributed by atoms with E-state index in [0.717, 1.165) is 36.5 Å². The van der Waals surface area contributed by atoms with Crippen LogP contribution in [0, 0.1) is 5.92 Å². The van der Waals surface area contributed by atoms with Crippen molar-refractivity contribution >= 4 is 40.0 Å². The molecule has 1 fully saturated rings. The maximum absolute atomic E-state index is 12.8. The van der Waals surface area contributed by atoms with E-state index in [-0.39, 0.29) is 29.7 Å². The Kier molecular flexibility index (Phi) is 13.0. The van der Waals surface area contributed by atoms with Crippen LogP contribution in [0.3, 0.4) is 0 Å². The summed E-state index contributed by atoms with van der Waals surface area (Å²) < 4.78 is 32.5. The van der Waals surface area contributed by atoms with Crippen molar-refractivity contribution in [2.75, 3.05) is 32.8 Å². The number of nitrogens with zero attached hydrogens (tertiary/aromatic N) is 2. The third-order valence-corrected chi connectivity index (χ3v) is 6.96. The molecular formula is C22H39IN4O3S. The van der Waals surface area contributed by atoms with E-state index in [9.17, 15) is 8.42 Å². The maximum atomic E-state index is 12.8. The molecule has 0 saturated carbocycles.